The van der Waals surface area contributed by atoms with Crippen LogP contribution in [0.2, 0.25) is 0 Å². The fourth-order valence-electron chi connectivity index (χ4n) is 5.38. The minimum absolute atomic E-state index is 0.0761. The third-order valence-electron chi connectivity index (χ3n) is 7.73. The molecule has 1 amide bonds. The predicted octanol–water partition coefficient (Wildman–Crippen LogP) is 4.39. The van der Waals surface area contributed by atoms with Crippen LogP contribution in [0, 0.1) is 0 Å². The normalized spacial score (nSPS) is 18.8. The second kappa shape index (κ2) is 9.52. The van der Waals surface area contributed by atoms with Crippen LogP contribution >= 0.6 is 0 Å². The molecule has 2 N–H and O–H groups in total. The number of likely N-dealkylation sites (N-methyl/N-ethyl adjacent to an activating group) is 1. The number of anilines is 1. The number of hydrogen-bond donors (Lipinski definition) is 2. The quantitative estimate of drug-likeness (QED) is 0.376. The largest absolute Gasteiger partial charge is 0.372 e. The molecular formula is C29H33N7O. The molecule has 1 aliphatic carbocycles. The number of piperazine rings is 1. The Kier molecular flexibility index (Phi) is 6.04. The van der Waals surface area contributed by atoms with E-state index in [1.807, 2.05) is 24.4 Å². The van der Waals surface area contributed by atoms with Crippen LogP contribution in [0.15, 0.2) is 65.3 Å². The van der Waals surface area contributed by atoms with E-state index in [0.717, 1.165) is 59.6 Å². The SMILES string of the molecule is C=N/C(=C\C=C(/C)N1CCN(C)CC1)Nc1ccc(-c2ccnc3c2ccn3C2CC2)c2c1C(=O)NC2. The number of fused-ring (bicyclic) bond motifs is 2. The highest BCUT2D eigenvalue weighted by molar-refractivity contribution is 6.07. The Morgan fingerprint density at radius 3 is 2.70 bits per heavy atom. The highest BCUT2D eigenvalue weighted by Gasteiger charge is 2.29. The Hall–Kier alpha value is -3.91. The van der Waals surface area contributed by atoms with Crippen LogP contribution in [0.1, 0.15) is 41.7 Å². The summed E-state index contributed by atoms with van der Waals surface area (Å²) < 4.78 is 2.28. The van der Waals surface area contributed by atoms with Gasteiger partial charge in [-0.3, -0.25) is 4.79 Å². The fraction of sp³-hybridized carbons (Fsp3) is 0.345. The zero-order chi connectivity index (χ0) is 25.5. The molecule has 3 aliphatic rings. The maximum absolute atomic E-state index is 12.9. The summed E-state index contributed by atoms with van der Waals surface area (Å²) in [5.41, 5.74) is 6.76. The van der Waals surface area contributed by atoms with Gasteiger partial charge < -0.3 is 25.0 Å². The van der Waals surface area contributed by atoms with Gasteiger partial charge in [0.2, 0.25) is 0 Å². The molecule has 0 bridgehead atoms. The van der Waals surface area contributed by atoms with Crippen LogP contribution in [0.3, 0.4) is 0 Å². The predicted molar refractivity (Wildman–Crippen MR) is 149 cm³/mol. The molecule has 4 heterocycles. The van der Waals surface area contributed by atoms with Gasteiger partial charge in [0.1, 0.15) is 11.5 Å². The van der Waals surface area contributed by atoms with Crippen molar-refractivity contribution < 1.29 is 4.79 Å². The van der Waals surface area contributed by atoms with Gasteiger partial charge >= 0.3 is 0 Å². The Labute approximate surface area is 217 Å². The van der Waals surface area contributed by atoms with E-state index >= 15 is 0 Å². The lowest BCUT2D eigenvalue weighted by atomic mass is 9.94. The number of nitrogens with one attached hydrogen (secondary N) is 2. The van der Waals surface area contributed by atoms with Gasteiger partial charge in [-0.05, 0) is 80.6 Å². The third kappa shape index (κ3) is 4.42. The molecule has 8 heteroatoms. The van der Waals surface area contributed by atoms with E-state index in [-0.39, 0.29) is 5.91 Å². The number of benzene rings is 1. The number of hydrogen-bond acceptors (Lipinski definition) is 6. The molecule has 1 saturated carbocycles. The van der Waals surface area contributed by atoms with Crippen LogP contribution in [-0.4, -0.2) is 65.2 Å². The molecule has 1 saturated heterocycles. The minimum Gasteiger partial charge on any atom is -0.372 e. The van der Waals surface area contributed by atoms with Crippen LogP contribution in [0.5, 0.6) is 0 Å². The van der Waals surface area contributed by atoms with Gasteiger partial charge in [0, 0.05) is 62.2 Å². The lowest BCUT2D eigenvalue weighted by Crippen LogP contribution is -2.43. The maximum atomic E-state index is 12.9. The number of pyridine rings is 1. The Balaban J connectivity index is 1.31. The van der Waals surface area contributed by atoms with Crippen molar-refractivity contribution in [3.63, 3.8) is 0 Å². The number of allylic oxidation sites excluding steroid dienone is 3. The number of aromatic nitrogens is 2. The molecule has 6 rings (SSSR count). The van der Waals surface area contributed by atoms with Crippen molar-refractivity contribution in [2.45, 2.75) is 32.4 Å². The van der Waals surface area contributed by atoms with Gasteiger partial charge in [-0.1, -0.05) is 6.07 Å². The highest BCUT2D eigenvalue weighted by atomic mass is 16.1. The minimum atomic E-state index is -0.0761. The molecular weight excluding hydrogens is 462 g/mol. The van der Waals surface area contributed by atoms with Crippen molar-refractivity contribution in [2.75, 3.05) is 38.5 Å². The van der Waals surface area contributed by atoms with E-state index in [1.165, 1.54) is 18.5 Å². The Morgan fingerprint density at radius 2 is 1.95 bits per heavy atom. The van der Waals surface area contributed by atoms with Crippen LogP contribution < -0.4 is 10.6 Å². The third-order valence-corrected chi connectivity index (χ3v) is 7.73. The molecule has 2 aliphatic heterocycles. The molecule has 1 aromatic carbocycles. The van der Waals surface area contributed by atoms with Crippen molar-refractivity contribution in [2.24, 2.45) is 4.99 Å². The molecule has 8 nitrogen and oxygen atoms in total. The first-order valence-corrected chi connectivity index (χ1v) is 13.0. The van der Waals surface area contributed by atoms with Crippen LogP contribution in [0.25, 0.3) is 22.2 Å². The summed E-state index contributed by atoms with van der Waals surface area (Å²) in [5.74, 6) is 0.531. The summed E-state index contributed by atoms with van der Waals surface area (Å²) in [6.45, 7) is 10.5. The highest BCUT2D eigenvalue weighted by Crippen LogP contribution is 2.41. The number of rotatable bonds is 7. The molecule has 2 fully saturated rings. The van der Waals surface area contributed by atoms with Crippen molar-refractivity contribution in [3.8, 4) is 11.1 Å². The summed E-state index contributed by atoms with van der Waals surface area (Å²) in [7, 11) is 2.15. The van der Waals surface area contributed by atoms with E-state index in [4.69, 9.17) is 0 Å². The molecule has 0 spiro atoms. The van der Waals surface area contributed by atoms with E-state index in [9.17, 15) is 4.79 Å². The van der Waals surface area contributed by atoms with Gasteiger partial charge in [-0.15, -0.1) is 0 Å². The molecule has 0 unspecified atom stereocenters. The molecule has 37 heavy (non-hydrogen) atoms. The van der Waals surface area contributed by atoms with Crippen molar-refractivity contribution in [1.82, 2.24) is 24.7 Å². The monoisotopic (exact) mass is 495 g/mol. The molecule has 3 aromatic rings. The lowest BCUT2D eigenvalue weighted by molar-refractivity contribution is 0.0966. The zero-order valence-corrected chi connectivity index (χ0v) is 21.5. The maximum Gasteiger partial charge on any atom is 0.254 e. The second-order valence-corrected chi connectivity index (χ2v) is 10.2. The van der Waals surface area contributed by atoms with Gasteiger partial charge in [-0.2, -0.15) is 0 Å². The number of nitrogens with zero attached hydrogens (tertiary/aromatic N) is 5. The van der Waals surface area contributed by atoms with Gasteiger partial charge in [0.15, 0.2) is 0 Å². The van der Waals surface area contributed by atoms with E-state index in [2.05, 4.69) is 80.1 Å². The number of aliphatic imine (C=N–C) groups is 1. The van der Waals surface area contributed by atoms with Crippen LogP contribution in [-0.2, 0) is 6.54 Å². The van der Waals surface area contributed by atoms with Crippen molar-refractivity contribution >= 4 is 29.3 Å². The number of carbonyl (C=O) groups is 1. The summed E-state index contributed by atoms with van der Waals surface area (Å²) in [4.78, 5) is 26.5. The van der Waals surface area contributed by atoms with Crippen LogP contribution in [0.4, 0.5) is 5.69 Å². The van der Waals surface area contributed by atoms with E-state index < -0.39 is 0 Å². The molecule has 2 aromatic heterocycles. The Morgan fingerprint density at radius 1 is 1.14 bits per heavy atom. The van der Waals surface area contributed by atoms with Crippen molar-refractivity contribution in [3.05, 3.63) is 71.5 Å². The number of amides is 1. The van der Waals surface area contributed by atoms with E-state index in [1.54, 1.807) is 0 Å². The molecule has 190 valence electrons. The lowest BCUT2D eigenvalue weighted by Gasteiger charge is -2.34. The fourth-order valence-corrected chi connectivity index (χ4v) is 5.38. The standard InChI is InChI=1S/C29H33N7O/c1-19(35-16-14-34(3)15-17-35)4-9-26(30-2)33-25-8-7-21(24-18-32-29(37)27(24)25)22-10-12-31-28-23(22)11-13-36(28)20-5-6-20/h4,7-13,20,33H,2,5-6,14-18H2,1,3H3,(H,32,37)/b19-4+,26-9+. The van der Waals surface area contributed by atoms with E-state index in [0.29, 0.717) is 24.0 Å². The van der Waals surface area contributed by atoms with Gasteiger partial charge in [0.25, 0.3) is 5.91 Å². The summed E-state index contributed by atoms with van der Waals surface area (Å²) in [6.07, 6.45) is 10.4. The first-order chi connectivity index (χ1) is 18.0. The zero-order valence-electron chi connectivity index (χ0n) is 21.5. The smallest absolute Gasteiger partial charge is 0.254 e. The summed E-state index contributed by atoms with van der Waals surface area (Å²) in [5, 5.41) is 7.49. The van der Waals surface area contributed by atoms with Gasteiger partial charge in [0.05, 0.1) is 11.3 Å². The summed E-state index contributed by atoms with van der Waals surface area (Å²) >= 11 is 0. The number of carbonyl (C=O) groups excluding carboxylic acids is 1. The average Bonchev–Trinajstić information content (AvgIpc) is 3.55. The summed E-state index contributed by atoms with van der Waals surface area (Å²) in [6, 6.07) is 8.83. The first-order valence-electron chi connectivity index (χ1n) is 13.0. The average molecular weight is 496 g/mol. The van der Waals surface area contributed by atoms with Gasteiger partial charge in [-0.25, -0.2) is 9.98 Å². The molecule has 0 atom stereocenters. The molecule has 0 radical (unpaired) electrons. The second-order valence-electron chi connectivity index (χ2n) is 10.2. The van der Waals surface area contributed by atoms with Crippen molar-refractivity contribution in [1.29, 1.82) is 0 Å². The first kappa shape index (κ1) is 23.5. The Bertz CT molecular complexity index is 1440. The topological polar surface area (TPSA) is 77.8 Å².